The van der Waals surface area contributed by atoms with Gasteiger partial charge in [0.2, 0.25) is 0 Å². The van der Waals surface area contributed by atoms with Crippen LogP contribution in [0.3, 0.4) is 0 Å². The summed E-state index contributed by atoms with van der Waals surface area (Å²) in [6, 6.07) is 0.750. The van der Waals surface area contributed by atoms with Crippen LogP contribution in [-0.4, -0.2) is 23.3 Å². The Morgan fingerprint density at radius 1 is 1.31 bits per heavy atom. The molecule has 2 heteroatoms. The standard InChI is InChI=1S/C11H20N2/c1-2-3-11(12)13(10-6-7-10)8-9-4-5-9/h9-10,12H,2-8H2,1H3. The minimum Gasteiger partial charge on any atom is -0.357 e. The predicted molar refractivity (Wildman–Crippen MR) is 55.1 cm³/mol. The summed E-state index contributed by atoms with van der Waals surface area (Å²) in [7, 11) is 0. The lowest BCUT2D eigenvalue weighted by Gasteiger charge is -2.24. The van der Waals surface area contributed by atoms with E-state index < -0.39 is 0 Å². The molecule has 0 aromatic carbocycles. The van der Waals surface area contributed by atoms with Gasteiger partial charge in [-0.1, -0.05) is 6.92 Å². The molecule has 0 aromatic heterocycles. The molecule has 2 aliphatic rings. The summed E-state index contributed by atoms with van der Waals surface area (Å²) in [6.07, 6.45) is 7.57. The highest BCUT2D eigenvalue weighted by atomic mass is 15.2. The highest BCUT2D eigenvalue weighted by Crippen LogP contribution is 2.35. The number of nitrogens with one attached hydrogen (secondary N) is 1. The Balaban J connectivity index is 1.83. The van der Waals surface area contributed by atoms with E-state index in [1.54, 1.807) is 0 Å². The van der Waals surface area contributed by atoms with Crippen LogP contribution < -0.4 is 0 Å². The molecular weight excluding hydrogens is 160 g/mol. The fourth-order valence-electron chi connectivity index (χ4n) is 1.82. The molecule has 2 saturated carbocycles. The van der Waals surface area contributed by atoms with Crippen molar-refractivity contribution in [1.82, 2.24) is 4.90 Å². The molecule has 0 unspecified atom stereocenters. The SMILES string of the molecule is CCCC(=N)N(CC1CC1)C1CC1. The predicted octanol–water partition coefficient (Wildman–Crippen LogP) is 2.64. The Morgan fingerprint density at radius 3 is 2.46 bits per heavy atom. The topological polar surface area (TPSA) is 27.1 Å². The van der Waals surface area contributed by atoms with Crippen molar-refractivity contribution in [3.05, 3.63) is 0 Å². The van der Waals surface area contributed by atoms with Gasteiger partial charge in [-0.3, -0.25) is 5.41 Å². The number of nitrogens with zero attached hydrogens (tertiary/aromatic N) is 1. The molecule has 2 rings (SSSR count). The highest BCUT2D eigenvalue weighted by Gasteiger charge is 2.34. The van der Waals surface area contributed by atoms with Crippen LogP contribution in [-0.2, 0) is 0 Å². The quantitative estimate of drug-likeness (QED) is 0.511. The average molecular weight is 180 g/mol. The molecule has 2 aliphatic carbocycles. The number of hydrogen-bond acceptors (Lipinski definition) is 1. The van der Waals surface area contributed by atoms with Crippen LogP contribution in [0.1, 0.15) is 45.4 Å². The van der Waals surface area contributed by atoms with Crippen LogP contribution in [0.25, 0.3) is 0 Å². The summed E-state index contributed by atoms with van der Waals surface area (Å²) in [5.74, 6) is 1.83. The van der Waals surface area contributed by atoms with E-state index in [4.69, 9.17) is 5.41 Å². The van der Waals surface area contributed by atoms with Gasteiger partial charge in [-0.2, -0.15) is 0 Å². The van der Waals surface area contributed by atoms with Crippen LogP contribution in [0.5, 0.6) is 0 Å². The Labute approximate surface area is 80.8 Å². The summed E-state index contributed by atoms with van der Waals surface area (Å²) < 4.78 is 0. The van der Waals surface area contributed by atoms with Crippen LogP contribution >= 0.6 is 0 Å². The molecule has 0 heterocycles. The lowest BCUT2D eigenvalue weighted by atomic mass is 10.2. The molecule has 0 saturated heterocycles. The number of hydrogen-bond donors (Lipinski definition) is 1. The third kappa shape index (κ3) is 2.45. The normalized spacial score (nSPS) is 21.6. The second-order valence-electron chi connectivity index (χ2n) is 4.52. The van der Waals surface area contributed by atoms with Crippen LogP contribution in [0.2, 0.25) is 0 Å². The van der Waals surface area contributed by atoms with Gasteiger partial charge in [-0.25, -0.2) is 0 Å². The Kier molecular flexibility index (Phi) is 2.56. The maximum Gasteiger partial charge on any atom is 0.0960 e. The monoisotopic (exact) mass is 180 g/mol. The van der Waals surface area contributed by atoms with E-state index >= 15 is 0 Å². The van der Waals surface area contributed by atoms with Gasteiger partial charge in [0.15, 0.2) is 0 Å². The van der Waals surface area contributed by atoms with E-state index in [0.717, 1.165) is 30.6 Å². The minimum atomic E-state index is 0.750. The Hall–Kier alpha value is -0.530. The number of amidine groups is 1. The maximum atomic E-state index is 7.96. The lowest BCUT2D eigenvalue weighted by molar-refractivity contribution is 0.379. The molecule has 0 atom stereocenters. The van der Waals surface area contributed by atoms with E-state index in [2.05, 4.69) is 11.8 Å². The van der Waals surface area contributed by atoms with E-state index in [-0.39, 0.29) is 0 Å². The molecule has 0 radical (unpaired) electrons. The van der Waals surface area contributed by atoms with Gasteiger partial charge in [0.05, 0.1) is 5.84 Å². The zero-order valence-electron chi connectivity index (χ0n) is 8.55. The first-order chi connectivity index (χ1) is 6.31. The zero-order chi connectivity index (χ0) is 9.26. The molecule has 0 aromatic rings. The van der Waals surface area contributed by atoms with Crippen LogP contribution in [0.15, 0.2) is 0 Å². The molecule has 0 aliphatic heterocycles. The molecule has 74 valence electrons. The molecular formula is C11H20N2. The third-order valence-electron chi connectivity index (χ3n) is 2.97. The average Bonchev–Trinajstić information content (AvgIpc) is 2.95. The summed E-state index contributed by atoms with van der Waals surface area (Å²) in [6.45, 7) is 3.35. The van der Waals surface area contributed by atoms with Gasteiger partial charge in [0, 0.05) is 19.0 Å². The summed E-state index contributed by atoms with van der Waals surface area (Å²) in [5, 5.41) is 7.96. The van der Waals surface area contributed by atoms with Gasteiger partial charge >= 0.3 is 0 Å². The zero-order valence-corrected chi connectivity index (χ0v) is 8.55. The van der Waals surface area contributed by atoms with Crippen molar-refractivity contribution in [2.45, 2.75) is 51.5 Å². The summed E-state index contributed by atoms with van der Waals surface area (Å²) in [5.41, 5.74) is 0. The van der Waals surface area contributed by atoms with E-state index in [0.29, 0.717) is 0 Å². The third-order valence-corrected chi connectivity index (χ3v) is 2.97. The first-order valence-electron chi connectivity index (χ1n) is 5.65. The van der Waals surface area contributed by atoms with E-state index in [1.165, 1.54) is 32.2 Å². The van der Waals surface area contributed by atoms with Crippen molar-refractivity contribution in [1.29, 1.82) is 5.41 Å². The molecule has 2 fully saturated rings. The van der Waals surface area contributed by atoms with E-state index in [1.807, 2.05) is 0 Å². The fraction of sp³-hybridized carbons (Fsp3) is 0.909. The van der Waals surface area contributed by atoms with Crippen molar-refractivity contribution in [3.63, 3.8) is 0 Å². The van der Waals surface area contributed by atoms with Gasteiger partial charge in [-0.05, 0) is 38.0 Å². The van der Waals surface area contributed by atoms with Gasteiger partial charge in [-0.15, -0.1) is 0 Å². The van der Waals surface area contributed by atoms with E-state index in [9.17, 15) is 0 Å². The Bertz CT molecular complexity index is 192. The van der Waals surface area contributed by atoms with Crippen LogP contribution in [0.4, 0.5) is 0 Å². The van der Waals surface area contributed by atoms with Crippen LogP contribution in [0, 0.1) is 11.3 Å². The molecule has 0 spiro atoms. The number of rotatable bonds is 5. The largest absolute Gasteiger partial charge is 0.357 e. The first-order valence-corrected chi connectivity index (χ1v) is 5.65. The van der Waals surface area contributed by atoms with Gasteiger partial charge in [0.25, 0.3) is 0 Å². The molecule has 2 nitrogen and oxygen atoms in total. The molecule has 13 heavy (non-hydrogen) atoms. The van der Waals surface area contributed by atoms with Crippen molar-refractivity contribution < 1.29 is 0 Å². The van der Waals surface area contributed by atoms with Gasteiger partial charge in [0.1, 0.15) is 0 Å². The fourth-order valence-corrected chi connectivity index (χ4v) is 1.82. The first kappa shape index (κ1) is 9.04. The minimum absolute atomic E-state index is 0.750. The molecule has 1 N–H and O–H groups in total. The summed E-state index contributed by atoms with van der Waals surface area (Å²) >= 11 is 0. The Morgan fingerprint density at radius 2 is 2.00 bits per heavy atom. The smallest absolute Gasteiger partial charge is 0.0960 e. The summed E-state index contributed by atoms with van der Waals surface area (Å²) in [4.78, 5) is 2.38. The molecule has 0 bridgehead atoms. The van der Waals surface area contributed by atoms with Crippen molar-refractivity contribution in [2.75, 3.05) is 6.54 Å². The molecule has 0 amide bonds. The second kappa shape index (κ2) is 3.69. The van der Waals surface area contributed by atoms with Crippen molar-refractivity contribution in [3.8, 4) is 0 Å². The second-order valence-corrected chi connectivity index (χ2v) is 4.52. The highest BCUT2D eigenvalue weighted by molar-refractivity contribution is 5.79. The van der Waals surface area contributed by atoms with Crippen molar-refractivity contribution in [2.24, 2.45) is 5.92 Å². The van der Waals surface area contributed by atoms with Gasteiger partial charge < -0.3 is 4.90 Å². The van der Waals surface area contributed by atoms with Crippen molar-refractivity contribution >= 4 is 5.84 Å². The lowest BCUT2D eigenvalue weighted by Crippen LogP contribution is -2.34. The maximum absolute atomic E-state index is 7.96.